The predicted octanol–water partition coefficient (Wildman–Crippen LogP) is 0.473. The number of hydrogen-bond donors (Lipinski definition) is 1. The van der Waals surface area contributed by atoms with Crippen LogP contribution in [0.5, 0.6) is 0 Å². The second-order valence-electron chi connectivity index (χ2n) is 5.81. The van der Waals surface area contributed by atoms with Gasteiger partial charge in [-0.2, -0.15) is 13.2 Å². The summed E-state index contributed by atoms with van der Waals surface area (Å²) in [5, 5.41) is 12.5. The van der Waals surface area contributed by atoms with E-state index in [1.165, 1.54) is 17.0 Å². The van der Waals surface area contributed by atoms with Gasteiger partial charge in [-0.3, -0.25) is 9.69 Å². The molecule has 1 aromatic rings. The second kappa shape index (κ2) is 7.85. The Morgan fingerprint density at radius 3 is 2.58 bits per heavy atom. The van der Waals surface area contributed by atoms with Crippen molar-refractivity contribution < 1.29 is 36.6 Å². The number of alkyl halides is 3. The van der Waals surface area contributed by atoms with E-state index in [-0.39, 0.29) is 31.7 Å². The molecular formula is C15H15F5N3O3-. The monoisotopic (exact) mass is 380 g/mol. The Balaban J connectivity index is 2.20. The van der Waals surface area contributed by atoms with Gasteiger partial charge in [0.25, 0.3) is 0 Å². The summed E-state index contributed by atoms with van der Waals surface area (Å²) in [6.07, 6.45) is -6.49. The number of nitrogens with zero attached hydrogens (tertiary/aromatic N) is 2. The number of halogens is 5. The van der Waals surface area contributed by atoms with E-state index in [9.17, 15) is 36.6 Å². The van der Waals surface area contributed by atoms with Gasteiger partial charge in [0.1, 0.15) is 18.7 Å². The molecule has 2 amide bonds. The van der Waals surface area contributed by atoms with Crippen molar-refractivity contribution in [2.24, 2.45) is 0 Å². The van der Waals surface area contributed by atoms with E-state index >= 15 is 0 Å². The fourth-order valence-corrected chi connectivity index (χ4v) is 2.70. The first-order valence-electron chi connectivity index (χ1n) is 7.55. The zero-order valence-corrected chi connectivity index (χ0v) is 13.4. The van der Waals surface area contributed by atoms with Crippen LogP contribution >= 0.6 is 0 Å². The van der Waals surface area contributed by atoms with Gasteiger partial charge in [0.05, 0.1) is 0 Å². The molecule has 1 N–H and O–H groups in total. The maximum Gasteiger partial charge on any atom is 0.406 e. The Morgan fingerprint density at radius 1 is 1.27 bits per heavy atom. The molecule has 26 heavy (non-hydrogen) atoms. The Bertz CT molecular complexity index is 683. The number of carbonyl (C=O) groups excluding carboxylic acids is 2. The summed E-state index contributed by atoms with van der Waals surface area (Å²) in [4.78, 5) is 24.8. The highest BCUT2D eigenvalue weighted by atomic mass is 19.4. The predicted molar refractivity (Wildman–Crippen MR) is 76.6 cm³/mol. The SMILES string of the molecule is O=C([O-])NC1CN(Cc2cccc(F)c2F)CCN(CC(F)(F)F)C1=O. The van der Waals surface area contributed by atoms with Gasteiger partial charge in [0.15, 0.2) is 11.6 Å². The van der Waals surface area contributed by atoms with Crippen molar-refractivity contribution >= 4 is 12.0 Å². The number of nitrogens with one attached hydrogen (secondary N) is 1. The van der Waals surface area contributed by atoms with Gasteiger partial charge in [-0.25, -0.2) is 8.78 Å². The van der Waals surface area contributed by atoms with Gasteiger partial charge in [-0.05, 0) is 6.07 Å². The fraction of sp³-hybridized carbons (Fsp3) is 0.467. The van der Waals surface area contributed by atoms with Crippen molar-refractivity contribution in [3.8, 4) is 0 Å². The molecule has 0 spiro atoms. The lowest BCUT2D eigenvalue weighted by Gasteiger charge is -2.26. The van der Waals surface area contributed by atoms with Crippen LogP contribution in [0.1, 0.15) is 5.56 Å². The van der Waals surface area contributed by atoms with Crippen molar-refractivity contribution in [2.45, 2.75) is 18.8 Å². The third kappa shape index (κ3) is 5.28. The minimum Gasteiger partial charge on any atom is -0.530 e. The summed E-state index contributed by atoms with van der Waals surface area (Å²) >= 11 is 0. The first kappa shape index (κ1) is 19.9. The number of carbonyl (C=O) groups is 2. The minimum absolute atomic E-state index is 0.0612. The summed E-state index contributed by atoms with van der Waals surface area (Å²) in [5.74, 6) is -3.26. The molecule has 0 bridgehead atoms. The zero-order chi connectivity index (χ0) is 19.5. The van der Waals surface area contributed by atoms with Gasteiger partial charge in [-0.1, -0.05) is 12.1 Å². The normalized spacial score (nSPS) is 19.3. The van der Waals surface area contributed by atoms with E-state index in [4.69, 9.17) is 0 Å². The average Bonchev–Trinajstić information content (AvgIpc) is 2.64. The molecule has 2 rings (SSSR count). The van der Waals surface area contributed by atoms with Crippen LogP contribution in [0.4, 0.5) is 26.7 Å². The van der Waals surface area contributed by atoms with Crippen LogP contribution in [0.3, 0.4) is 0 Å². The maximum atomic E-state index is 13.8. The van der Waals surface area contributed by atoms with Gasteiger partial charge < -0.3 is 20.1 Å². The van der Waals surface area contributed by atoms with E-state index in [1.54, 1.807) is 5.32 Å². The van der Waals surface area contributed by atoms with Crippen LogP contribution in [0.25, 0.3) is 0 Å². The molecule has 0 saturated carbocycles. The van der Waals surface area contributed by atoms with Crippen molar-refractivity contribution in [3.05, 3.63) is 35.4 Å². The molecule has 1 saturated heterocycles. The Morgan fingerprint density at radius 2 is 1.96 bits per heavy atom. The maximum absolute atomic E-state index is 13.8. The largest absolute Gasteiger partial charge is 0.530 e. The molecule has 1 atom stereocenters. The number of carboxylic acid groups (broad SMARTS) is 1. The van der Waals surface area contributed by atoms with Crippen LogP contribution in [0.15, 0.2) is 18.2 Å². The lowest BCUT2D eigenvalue weighted by Crippen LogP contribution is -2.55. The molecule has 0 aromatic heterocycles. The standard InChI is InChI=1S/C15H16F5N3O3/c16-10-3-1-2-9(12(10)17)6-22-4-5-23(8-15(18,19)20)13(24)11(7-22)21-14(25)26/h1-3,11,21H,4-8H2,(H,25,26)/p-1. The van der Waals surface area contributed by atoms with Gasteiger partial charge in [0, 0.05) is 31.7 Å². The van der Waals surface area contributed by atoms with E-state index in [0.717, 1.165) is 6.07 Å². The summed E-state index contributed by atoms with van der Waals surface area (Å²) < 4.78 is 65.0. The number of benzene rings is 1. The molecule has 1 unspecified atom stereocenters. The highest BCUT2D eigenvalue weighted by molar-refractivity contribution is 5.85. The van der Waals surface area contributed by atoms with Crippen LogP contribution in [-0.2, 0) is 11.3 Å². The molecule has 1 heterocycles. The third-order valence-corrected chi connectivity index (χ3v) is 3.82. The minimum atomic E-state index is -4.66. The summed E-state index contributed by atoms with van der Waals surface area (Å²) in [5.41, 5.74) is -0.0612. The molecule has 1 aromatic carbocycles. The zero-order valence-electron chi connectivity index (χ0n) is 13.4. The van der Waals surface area contributed by atoms with Gasteiger partial charge in [0.2, 0.25) is 5.91 Å². The molecule has 1 aliphatic heterocycles. The first-order chi connectivity index (χ1) is 12.1. The lowest BCUT2D eigenvalue weighted by molar-refractivity contribution is -0.251. The van der Waals surface area contributed by atoms with Crippen molar-refractivity contribution in [2.75, 3.05) is 26.2 Å². The second-order valence-corrected chi connectivity index (χ2v) is 5.81. The van der Waals surface area contributed by atoms with Crippen LogP contribution in [-0.4, -0.2) is 60.2 Å². The van der Waals surface area contributed by atoms with Gasteiger partial charge in [-0.15, -0.1) is 0 Å². The van der Waals surface area contributed by atoms with E-state index in [2.05, 4.69) is 0 Å². The average molecular weight is 380 g/mol. The molecule has 0 aliphatic carbocycles. The smallest absolute Gasteiger partial charge is 0.406 e. The molecule has 1 aliphatic rings. The van der Waals surface area contributed by atoms with E-state index < -0.39 is 42.4 Å². The first-order valence-corrected chi connectivity index (χ1v) is 7.55. The van der Waals surface area contributed by atoms with Crippen molar-refractivity contribution in [1.29, 1.82) is 0 Å². The summed E-state index contributed by atoms with van der Waals surface area (Å²) in [6, 6.07) is 1.96. The lowest BCUT2D eigenvalue weighted by atomic mass is 10.1. The summed E-state index contributed by atoms with van der Waals surface area (Å²) in [6.45, 7) is -2.48. The van der Waals surface area contributed by atoms with E-state index in [1.807, 2.05) is 0 Å². The number of hydrogen-bond acceptors (Lipinski definition) is 4. The highest BCUT2D eigenvalue weighted by Gasteiger charge is 2.37. The topological polar surface area (TPSA) is 75.7 Å². The Labute approximate surface area is 145 Å². The third-order valence-electron chi connectivity index (χ3n) is 3.82. The van der Waals surface area contributed by atoms with Gasteiger partial charge >= 0.3 is 6.18 Å². The quantitative estimate of drug-likeness (QED) is 0.771. The molecule has 6 nitrogen and oxygen atoms in total. The summed E-state index contributed by atoms with van der Waals surface area (Å²) in [7, 11) is 0. The van der Waals surface area contributed by atoms with Crippen molar-refractivity contribution in [3.63, 3.8) is 0 Å². The molecular weight excluding hydrogens is 365 g/mol. The fourth-order valence-electron chi connectivity index (χ4n) is 2.70. The van der Waals surface area contributed by atoms with Crippen molar-refractivity contribution in [1.82, 2.24) is 15.1 Å². The Kier molecular flexibility index (Phi) is 6.01. The van der Waals surface area contributed by atoms with Crippen LogP contribution < -0.4 is 10.4 Å². The Hall–Kier alpha value is -2.43. The molecule has 11 heteroatoms. The number of rotatable bonds is 4. The molecule has 1 fully saturated rings. The van der Waals surface area contributed by atoms with Crippen LogP contribution in [0.2, 0.25) is 0 Å². The molecule has 144 valence electrons. The van der Waals surface area contributed by atoms with Crippen LogP contribution in [0, 0.1) is 11.6 Å². The highest BCUT2D eigenvalue weighted by Crippen LogP contribution is 2.20. The van der Waals surface area contributed by atoms with E-state index in [0.29, 0.717) is 4.90 Å². The number of amides is 2. The molecule has 0 radical (unpaired) electrons.